The summed E-state index contributed by atoms with van der Waals surface area (Å²) in [5.74, 6) is 0.153. The fourth-order valence-electron chi connectivity index (χ4n) is 2.86. The fourth-order valence-corrected chi connectivity index (χ4v) is 3.51. The quantitative estimate of drug-likeness (QED) is 0.798. The van der Waals surface area contributed by atoms with Gasteiger partial charge in [-0.1, -0.05) is 0 Å². The van der Waals surface area contributed by atoms with E-state index < -0.39 is 0 Å². The van der Waals surface area contributed by atoms with Gasteiger partial charge in [-0.05, 0) is 41.8 Å². The molecule has 1 saturated heterocycles. The van der Waals surface area contributed by atoms with Crippen molar-refractivity contribution in [2.75, 3.05) is 13.2 Å². The second-order valence-electron chi connectivity index (χ2n) is 5.03. The van der Waals surface area contributed by atoms with Crippen molar-refractivity contribution in [1.82, 2.24) is 9.47 Å². The molecular formula is C13H17BrN2O2. The Morgan fingerprint density at radius 2 is 2.33 bits per heavy atom. The number of amides is 1. The molecule has 0 aliphatic carbocycles. The first-order valence-electron chi connectivity index (χ1n) is 6.45. The molecule has 0 aromatic carbocycles. The van der Waals surface area contributed by atoms with Crippen LogP contribution in [0.25, 0.3) is 0 Å². The first kappa shape index (κ1) is 12.2. The minimum absolute atomic E-state index is 0.153. The van der Waals surface area contributed by atoms with Gasteiger partial charge in [-0.3, -0.25) is 4.79 Å². The molecule has 0 N–H and O–H groups in total. The number of aromatic nitrogens is 1. The average molecular weight is 313 g/mol. The van der Waals surface area contributed by atoms with Crippen molar-refractivity contribution in [3.63, 3.8) is 0 Å². The van der Waals surface area contributed by atoms with Gasteiger partial charge in [0, 0.05) is 29.3 Å². The standard InChI is InChI=1S/C13H17BrN2O2/c1-9-3-2-4-15(9)13(17)12-11(14)7-10-8-18-6-5-16(10)12/h7,9H,2-6,8H2,1H3/t9-/m0/s1. The Bertz CT molecular complexity index is 484. The Morgan fingerprint density at radius 3 is 3.06 bits per heavy atom. The van der Waals surface area contributed by atoms with Gasteiger partial charge < -0.3 is 14.2 Å². The second-order valence-corrected chi connectivity index (χ2v) is 5.88. The molecule has 1 aromatic rings. The van der Waals surface area contributed by atoms with Gasteiger partial charge in [0.15, 0.2) is 0 Å². The summed E-state index contributed by atoms with van der Waals surface area (Å²) in [7, 11) is 0. The van der Waals surface area contributed by atoms with E-state index in [4.69, 9.17) is 4.74 Å². The lowest BCUT2D eigenvalue weighted by molar-refractivity contribution is 0.0689. The summed E-state index contributed by atoms with van der Waals surface area (Å²) in [5, 5.41) is 0. The highest BCUT2D eigenvalue weighted by Gasteiger charge is 2.30. The van der Waals surface area contributed by atoms with Crippen molar-refractivity contribution in [3.05, 3.63) is 21.9 Å². The van der Waals surface area contributed by atoms with Crippen molar-refractivity contribution in [1.29, 1.82) is 0 Å². The molecule has 0 bridgehead atoms. The molecule has 1 aromatic heterocycles. The van der Waals surface area contributed by atoms with Crippen LogP contribution in [-0.2, 0) is 17.9 Å². The number of fused-ring (bicyclic) bond motifs is 1. The van der Waals surface area contributed by atoms with Crippen LogP contribution in [-0.4, -0.2) is 34.6 Å². The van der Waals surface area contributed by atoms with Crippen LogP contribution in [0.4, 0.5) is 0 Å². The Kier molecular flexibility index (Phi) is 3.20. The molecule has 0 saturated carbocycles. The molecule has 5 heteroatoms. The van der Waals surface area contributed by atoms with E-state index in [1.165, 1.54) is 0 Å². The molecule has 18 heavy (non-hydrogen) atoms. The summed E-state index contributed by atoms with van der Waals surface area (Å²) in [6.45, 7) is 5.06. The molecule has 2 aliphatic heterocycles. The van der Waals surface area contributed by atoms with Gasteiger partial charge >= 0.3 is 0 Å². The van der Waals surface area contributed by atoms with Crippen molar-refractivity contribution in [2.24, 2.45) is 0 Å². The highest BCUT2D eigenvalue weighted by molar-refractivity contribution is 9.10. The lowest BCUT2D eigenvalue weighted by atomic mass is 10.2. The van der Waals surface area contributed by atoms with Gasteiger partial charge in [-0.2, -0.15) is 0 Å². The normalized spacial score (nSPS) is 23.2. The van der Waals surface area contributed by atoms with Crippen LogP contribution >= 0.6 is 15.9 Å². The molecule has 4 nitrogen and oxygen atoms in total. The number of carbonyl (C=O) groups excluding carboxylic acids is 1. The number of likely N-dealkylation sites (tertiary alicyclic amines) is 1. The molecule has 3 heterocycles. The first-order valence-corrected chi connectivity index (χ1v) is 7.24. The monoisotopic (exact) mass is 312 g/mol. The van der Waals surface area contributed by atoms with E-state index in [-0.39, 0.29) is 5.91 Å². The third kappa shape index (κ3) is 1.89. The van der Waals surface area contributed by atoms with Crippen molar-refractivity contribution < 1.29 is 9.53 Å². The molecule has 0 spiro atoms. The lowest BCUT2D eigenvalue weighted by Crippen LogP contribution is -2.36. The lowest BCUT2D eigenvalue weighted by Gasteiger charge is -2.24. The van der Waals surface area contributed by atoms with Crippen LogP contribution in [0.15, 0.2) is 10.5 Å². The number of hydrogen-bond acceptors (Lipinski definition) is 2. The van der Waals surface area contributed by atoms with Crippen LogP contribution in [0.2, 0.25) is 0 Å². The summed E-state index contributed by atoms with van der Waals surface area (Å²) in [6, 6.07) is 2.36. The fraction of sp³-hybridized carbons (Fsp3) is 0.615. The van der Waals surface area contributed by atoms with E-state index >= 15 is 0 Å². The van der Waals surface area contributed by atoms with Crippen LogP contribution in [0, 0.1) is 0 Å². The molecule has 1 fully saturated rings. The summed E-state index contributed by atoms with van der Waals surface area (Å²) in [4.78, 5) is 14.6. The maximum atomic E-state index is 12.6. The highest BCUT2D eigenvalue weighted by atomic mass is 79.9. The maximum absolute atomic E-state index is 12.6. The number of carbonyl (C=O) groups is 1. The number of halogens is 1. The van der Waals surface area contributed by atoms with Gasteiger partial charge in [0.2, 0.25) is 0 Å². The zero-order valence-corrected chi connectivity index (χ0v) is 12.1. The summed E-state index contributed by atoms with van der Waals surface area (Å²) in [5.41, 5.74) is 1.88. The van der Waals surface area contributed by atoms with Crippen molar-refractivity contribution in [3.8, 4) is 0 Å². The number of nitrogens with zero attached hydrogens (tertiary/aromatic N) is 2. The predicted octanol–water partition coefficient (Wildman–Crippen LogP) is 2.41. The third-order valence-corrected chi connectivity index (χ3v) is 4.47. The molecule has 0 radical (unpaired) electrons. The Morgan fingerprint density at radius 1 is 1.50 bits per heavy atom. The van der Waals surface area contributed by atoms with Crippen LogP contribution < -0.4 is 0 Å². The summed E-state index contributed by atoms with van der Waals surface area (Å²) >= 11 is 3.52. The van der Waals surface area contributed by atoms with Gasteiger partial charge in [0.25, 0.3) is 5.91 Å². The third-order valence-electron chi connectivity index (χ3n) is 3.86. The van der Waals surface area contributed by atoms with Gasteiger partial charge in [0.1, 0.15) is 5.69 Å². The van der Waals surface area contributed by atoms with Crippen LogP contribution in [0.3, 0.4) is 0 Å². The zero-order chi connectivity index (χ0) is 12.7. The van der Waals surface area contributed by atoms with E-state index in [0.29, 0.717) is 19.3 Å². The van der Waals surface area contributed by atoms with Gasteiger partial charge in [-0.15, -0.1) is 0 Å². The largest absolute Gasteiger partial charge is 0.373 e. The smallest absolute Gasteiger partial charge is 0.271 e. The molecular weight excluding hydrogens is 296 g/mol. The van der Waals surface area contributed by atoms with Gasteiger partial charge in [-0.25, -0.2) is 0 Å². The van der Waals surface area contributed by atoms with E-state index in [2.05, 4.69) is 27.4 Å². The van der Waals surface area contributed by atoms with Crippen LogP contribution in [0.1, 0.15) is 35.9 Å². The SMILES string of the molecule is C[C@H]1CCCN1C(=O)c1c(Br)cc2n1CCOC2. The maximum Gasteiger partial charge on any atom is 0.271 e. The molecule has 98 valence electrons. The number of rotatable bonds is 1. The second kappa shape index (κ2) is 4.70. The van der Waals surface area contributed by atoms with E-state index in [1.54, 1.807) is 0 Å². The van der Waals surface area contributed by atoms with Crippen molar-refractivity contribution >= 4 is 21.8 Å². The molecule has 2 aliphatic rings. The van der Waals surface area contributed by atoms with Crippen molar-refractivity contribution in [2.45, 2.75) is 39.0 Å². The van der Waals surface area contributed by atoms with E-state index in [1.807, 2.05) is 11.0 Å². The minimum atomic E-state index is 0.153. The summed E-state index contributed by atoms with van der Waals surface area (Å²) < 4.78 is 8.42. The highest BCUT2D eigenvalue weighted by Crippen LogP contribution is 2.28. The van der Waals surface area contributed by atoms with E-state index in [0.717, 1.165) is 41.8 Å². The summed E-state index contributed by atoms with van der Waals surface area (Å²) in [6.07, 6.45) is 2.22. The predicted molar refractivity (Wildman–Crippen MR) is 71.5 cm³/mol. The topological polar surface area (TPSA) is 34.5 Å². The number of ether oxygens (including phenoxy) is 1. The molecule has 3 rings (SSSR count). The Labute approximate surface area is 115 Å². The first-order chi connectivity index (χ1) is 8.68. The Balaban J connectivity index is 1.96. The molecule has 0 unspecified atom stereocenters. The van der Waals surface area contributed by atoms with E-state index in [9.17, 15) is 4.79 Å². The zero-order valence-electron chi connectivity index (χ0n) is 10.5. The molecule has 1 amide bonds. The van der Waals surface area contributed by atoms with Gasteiger partial charge in [0.05, 0.1) is 13.2 Å². The minimum Gasteiger partial charge on any atom is -0.373 e. The number of hydrogen-bond donors (Lipinski definition) is 0. The Hall–Kier alpha value is -0.810. The average Bonchev–Trinajstić information content (AvgIpc) is 2.91. The molecule has 1 atom stereocenters. The van der Waals surface area contributed by atoms with Crippen LogP contribution in [0.5, 0.6) is 0 Å².